The van der Waals surface area contributed by atoms with Gasteiger partial charge in [-0.25, -0.2) is 4.79 Å². The van der Waals surface area contributed by atoms with Crippen molar-refractivity contribution in [1.82, 2.24) is 16.0 Å². The first-order valence-corrected chi connectivity index (χ1v) is 11.0. The molecule has 1 aromatic rings. The Bertz CT molecular complexity index is 941. The first-order chi connectivity index (χ1) is 16.9. The SMILES string of the molecule is NC(=O)CCC(NC(=O)C(CCC(=O)O)NC(=O)C(Cc1ccccc1)NC(=O)C(N)CO)C(=O)O. The van der Waals surface area contributed by atoms with E-state index in [9.17, 15) is 33.9 Å². The van der Waals surface area contributed by atoms with Gasteiger partial charge in [-0.15, -0.1) is 0 Å². The fraction of sp³-hybridized carbons (Fsp3) is 0.455. The molecule has 4 atom stereocenters. The van der Waals surface area contributed by atoms with Crippen LogP contribution in [-0.4, -0.2) is 81.7 Å². The number of rotatable bonds is 16. The van der Waals surface area contributed by atoms with Gasteiger partial charge in [-0.1, -0.05) is 30.3 Å². The molecule has 0 aromatic heterocycles. The predicted molar refractivity (Wildman–Crippen MR) is 124 cm³/mol. The molecule has 14 heteroatoms. The van der Waals surface area contributed by atoms with Gasteiger partial charge in [0.15, 0.2) is 0 Å². The molecule has 0 fully saturated rings. The van der Waals surface area contributed by atoms with Crippen LogP contribution in [0.25, 0.3) is 0 Å². The normalized spacial score (nSPS) is 13.9. The Morgan fingerprint density at radius 2 is 1.31 bits per heavy atom. The number of aliphatic hydroxyl groups is 1. The summed E-state index contributed by atoms with van der Waals surface area (Å²) in [6, 6.07) is 2.93. The van der Waals surface area contributed by atoms with Gasteiger partial charge < -0.3 is 42.7 Å². The molecule has 14 nitrogen and oxygen atoms in total. The molecule has 0 bridgehead atoms. The summed E-state index contributed by atoms with van der Waals surface area (Å²) in [4.78, 5) is 71.6. The fourth-order valence-electron chi connectivity index (χ4n) is 3.05. The van der Waals surface area contributed by atoms with Crippen LogP contribution in [0.4, 0.5) is 0 Å². The number of nitrogens with one attached hydrogen (secondary N) is 3. The highest BCUT2D eigenvalue weighted by Gasteiger charge is 2.30. The molecule has 0 saturated heterocycles. The number of carboxylic acids is 2. The van der Waals surface area contributed by atoms with Crippen LogP contribution in [0.3, 0.4) is 0 Å². The lowest BCUT2D eigenvalue weighted by molar-refractivity contribution is -0.143. The molecule has 0 heterocycles. The Kier molecular flexibility index (Phi) is 12.5. The number of benzene rings is 1. The zero-order valence-corrected chi connectivity index (χ0v) is 19.4. The molecule has 4 unspecified atom stereocenters. The van der Waals surface area contributed by atoms with Crippen LogP contribution in [0.5, 0.6) is 0 Å². The van der Waals surface area contributed by atoms with Gasteiger partial charge in [0.05, 0.1) is 6.61 Å². The summed E-state index contributed by atoms with van der Waals surface area (Å²) >= 11 is 0. The first-order valence-electron chi connectivity index (χ1n) is 11.0. The standard InChI is InChI=1S/C22H31N5O9/c23-13(11-28)19(32)27-16(10-12-4-2-1-3-5-12)21(34)25-14(7-9-18(30)31)20(33)26-15(22(35)36)6-8-17(24)29/h1-5,13-16,28H,6-11,23H2,(H2,24,29)(H,25,34)(H,26,33)(H,27,32)(H,30,31)(H,35,36). The van der Waals surface area contributed by atoms with Gasteiger partial charge in [-0.3, -0.25) is 24.0 Å². The second kappa shape index (κ2) is 15.1. The highest BCUT2D eigenvalue weighted by atomic mass is 16.4. The van der Waals surface area contributed by atoms with Gasteiger partial charge in [0, 0.05) is 19.3 Å². The van der Waals surface area contributed by atoms with E-state index in [2.05, 4.69) is 16.0 Å². The molecular formula is C22H31N5O9. The molecule has 0 aliphatic heterocycles. The van der Waals surface area contributed by atoms with E-state index >= 15 is 0 Å². The lowest BCUT2D eigenvalue weighted by Gasteiger charge is -2.25. The average Bonchev–Trinajstić information content (AvgIpc) is 2.83. The summed E-state index contributed by atoms with van der Waals surface area (Å²) in [5.41, 5.74) is 11.2. The lowest BCUT2D eigenvalue weighted by Crippen LogP contribution is -2.58. The van der Waals surface area contributed by atoms with E-state index < -0.39 is 79.2 Å². The van der Waals surface area contributed by atoms with Crippen LogP contribution >= 0.6 is 0 Å². The van der Waals surface area contributed by atoms with Crippen molar-refractivity contribution < 1.29 is 44.1 Å². The van der Waals surface area contributed by atoms with E-state index in [4.69, 9.17) is 21.7 Å². The monoisotopic (exact) mass is 509 g/mol. The molecule has 4 amide bonds. The Morgan fingerprint density at radius 3 is 1.83 bits per heavy atom. The summed E-state index contributed by atoms with van der Waals surface area (Å²) in [5.74, 6) is -6.22. The largest absolute Gasteiger partial charge is 0.481 e. The molecule has 1 rings (SSSR count). The summed E-state index contributed by atoms with van der Waals surface area (Å²) in [6.07, 6.45) is -1.61. The molecule has 198 valence electrons. The number of aliphatic hydroxyl groups excluding tert-OH is 1. The minimum Gasteiger partial charge on any atom is -0.481 e. The maximum atomic E-state index is 13.1. The molecule has 0 aliphatic rings. The third kappa shape index (κ3) is 10.9. The van der Waals surface area contributed by atoms with Gasteiger partial charge in [0.2, 0.25) is 23.6 Å². The second-order valence-corrected chi connectivity index (χ2v) is 7.94. The molecule has 0 saturated carbocycles. The number of hydrogen-bond donors (Lipinski definition) is 8. The van der Waals surface area contributed by atoms with Gasteiger partial charge >= 0.3 is 11.9 Å². The number of aliphatic carboxylic acids is 2. The molecule has 36 heavy (non-hydrogen) atoms. The number of amides is 4. The topological polar surface area (TPSA) is 251 Å². The molecular weight excluding hydrogens is 478 g/mol. The summed E-state index contributed by atoms with van der Waals surface area (Å²) in [6.45, 7) is -0.684. The highest BCUT2D eigenvalue weighted by molar-refractivity contribution is 5.94. The Morgan fingerprint density at radius 1 is 0.778 bits per heavy atom. The van der Waals surface area contributed by atoms with E-state index in [-0.39, 0.29) is 19.3 Å². The van der Waals surface area contributed by atoms with Crippen molar-refractivity contribution in [3.05, 3.63) is 35.9 Å². The molecule has 10 N–H and O–H groups in total. The average molecular weight is 510 g/mol. The number of carbonyl (C=O) groups is 6. The van der Waals surface area contributed by atoms with Gasteiger partial charge in [0.1, 0.15) is 24.2 Å². The minimum absolute atomic E-state index is 0.0276. The number of hydrogen-bond acceptors (Lipinski definition) is 8. The maximum absolute atomic E-state index is 13.1. The van der Waals surface area contributed by atoms with Crippen LogP contribution in [0.1, 0.15) is 31.2 Å². The van der Waals surface area contributed by atoms with Gasteiger partial charge in [0.25, 0.3) is 0 Å². The van der Waals surface area contributed by atoms with Crippen LogP contribution in [-0.2, 0) is 35.2 Å². The van der Waals surface area contributed by atoms with Crippen molar-refractivity contribution in [2.75, 3.05) is 6.61 Å². The van der Waals surface area contributed by atoms with Crippen molar-refractivity contribution in [3.8, 4) is 0 Å². The van der Waals surface area contributed by atoms with Crippen molar-refractivity contribution in [1.29, 1.82) is 0 Å². The summed E-state index contributed by atoms with van der Waals surface area (Å²) in [5, 5.41) is 34.4. The van der Waals surface area contributed by atoms with Crippen LogP contribution < -0.4 is 27.4 Å². The molecule has 0 spiro atoms. The molecule has 0 radical (unpaired) electrons. The number of nitrogens with two attached hydrogens (primary N) is 2. The zero-order valence-electron chi connectivity index (χ0n) is 19.4. The fourth-order valence-corrected chi connectivity index (χ4v) is 3.05. The van der Waals surface area contributed by atoms with Crippen LogP contribution in [0.15, 0.2) is 30.3 Å². The summed E-state index contributed by atoms with van der Waals surface area (Å²) < 4.78 is 0. The first kappa shape index (κ1) is 30.0. The molecule has 0 aliphatic carbocycles. The van der Waals surface area contributed by atoms with Crippen molar-refractivity contribution in [2.45, 2.75) is 56.3 Å². The number of carbonyl (C=O) groups excluding carboxylic acids is 4. The van der Waals surface area contributed by atoms with Crippen molar-refractivity contribution in [2.24, 2.45) is 11.5 Å². The van der Waals surface area contributed by atoms with E-state index in [1.54, 1.807) is 30.3 Å². The van der Waals surface area contributed by atoms with E-state index in [1.165, 1.54) is 0 Å². The van der Waals surface area contributed by atoms with Gasteiger partial charge in [-0.2, -0.15) is 0 Å². The Hall–Kier alpha value is -4.04. The van der Waals surface area contributed by atoms with E-state index in [1.807, 2.05) is 0 Å². The Balaban J connectivity index is 3.10. The predicted octanol–water partition coefficient (Wildman–Crippen LogP) is -2.78. The number of carboxylic acid groups (broad SMARTS) is 2. The smallest absolute Gasteiger partial charge is 0.326 e. The van der Waals surface area contributed by atoms with Gasteiger partial charge in [-0.05, 0) is 18.4 Å². The van der Waals surface area contributed by atoms with E-state index in [0.717, 1.165) is 0 Å². The highest BCUT2D eigenvalue weighted by Crippen LogP contribution is 2.07. The third-order valence-corrected chi connectivity index (χ3v) is 5.02. The maximum Gasteiger partial charge on any atom is 0.326 e. The van der Waals surface area contributed by atoms with Crippen molar-refractivity contribution >= 4 is 35.6 Å². The quantitative estimate of drug-likeness (QED) is 0.114. The zero-order chi connectivity index (χ0) is 27.3. The van der Waals surface area contributed by atoms with Crippen LogP contribution in [0, 0.1) is 0 Å². The second-order valence-electron chi connectivity index (χ2n) is 7.94. The molecule has 1 aromatic carbocycles. The van der Waals surface area contributed by atoms with Crippen LogP contribution in [0.2, 0.25) is 0 Å². The van der Waals surface area contributed by atoms with E-state index in [0.29, 0.717) is 5.56 Å². The Labute approximate surface area is 206 Å². The lowest BCUT2D eigenvalue weighted by atomic mass is 10.0. The van der Waals surface area contributed by atoms with Crippen molar-refractivity contribution in [3.63, 3.8) is 0 Å². The third-order valence-electron chi connectivity index (χ3n) is 5.02. The minimum atomic E-state index is -1.52. The summed E-state index contributed by atoms with van der Waals surface area (Å²) in [7, 11) is 0. The number of primary amides is 1.